The van der Waals surface area contributed by atoms with Crippen molar-refractivity contribution < 1.29 is 9.53 Å². The molecule has 0 aliphatic rings. The van der Waals surface area contributed by atoms with E-state index in [0.717, 1.165) is 17.9 Å². The summed E-state index contributed by atoms with van der Waals surface area (Å²) in [5.41, 5.74) is 0.983. The van der Waals surface area contributed by atoms with Crippen LogP contribution in [0.4, 0.5) is 0 Å². The Bertz CT molecular complexity index is 477. The van der Waals surface area contributed by atoms with Gasteiger partial charge in [-0.1, -0.05) is 19.1 Å². The molecule has 0 radical (unpaired) electrons. The molecule has 0 fully saturated rings. The van der Waals surface area contributed by atoms with E-state index in [1.54, 1.807) is 19.0 Å². The van der Waals surface area contributed by atoms with Crippen LogP contribution >= 0.6 is 0 Å². The number of nitrogens with zero attached hydrogens (tertiary/aromatic N) is 3. The number of carbonyl (C=O) groups is 1. The Morgan fingerprint density at radius 3 is 2.48 bits per heavy atom. The highest BCUT2D eigenvalue weighted by Gasteiger charge is 2.10. The Balaban J connectivity index is 2.37. The van der Waals surface area contributed by atoms with E-state index in [1.807, 2.05) is 36.1 Å². The zero-order valence-corrected chi connectivity index (χ0v) is 13.0. The number of carbonyl (C=O) groups excluding carboxylic acids is 1. The minimum Gasteiger partial charge on any atom is -0.492 e. The molecule has 1 amide bonds. The van der Waals surface area contributed by atoms with E-state index < -0.39 is 0 Å². The maximum absolute atomic E-state index is 11.7. The van der Waals surface area contributed by atoms with Gasteiger partial charge in [0.1, 0.15) is 12.4 Å². The highest BCUT2D eigenvalue weighted by molar-refractivity contribution is 5.77. The summed E-state index contributed by atoms with van der Waals surface area (Å²) in [6, 6.07) is 9.64. The number of hydrogen-bond donors (Lipinski definition) is 0. The third-order valence-corrected chi connectivity index (χ3v) is 3.19. The summed E-state index contributed by atoms with van der Waals surface area (Å²) >= 11 is 0. The first-order valence-electron chi connectivity index (χ1n) is 7.08. The fourth-order valence-corrected chi connectivity index (χ4v) is 1.77. The van der Waals surface area contributed by atoms with Crippen molar-refractivity contribution in [2.24, 2.45) is 0 Å². The largest absolute Gasteiger partial charge is 0.492 e. The standard InChI is InChI=1S/C16H23N3O2/c1-4-19(13-16(20)18(2)3)11-12-21-15-7-5-14(6-8-15)9-10-17/h5-8H,4,9,11-13H2,1-3H3. The lowest BCUT2D eigenvalue weighted by atomic mass is 10.2. The number of amides is 1. The molecule has 1 aromatic carbocycles. The molecule has 21 heavy (non-hydrogen) atoms. The van der Waals surface area contributed by atoms with Gasteiger partial charge in [0.2, 0.25) is 5.91 Å². The van der Waals surface area contributed by atoms with Crippen LogP contribution in [0.2, 0.25) is 0 Å². The quantitative estimate of drug-likeness (QED) is 0.728. The lowest BCUT2D eigenvalue weighted by Crippen LogP contribution is -2.38. The van der Waals surface area contributed by atoms with Crippen molar-refractivity contribution >= 4 is 5.91 Å². The summed E-state index contributed by atoms with van der Waals surface area (Å²) < 4.78 is 5.66. The van der Waals surface area contributed by atoms with Gasteiger partial charge in [-0.3, -0.25) is 9.69 Å². The van der Waals surface area contributed by atoms with Crippen molar-refractivity contribution in [2.45, 2.75) is 13.3 Å². The van der Waals surface area contributed by atoms with E-state index in [-0.39, 0.29) is 5.91 Å². The molecule has 1 aromatic rings. The lowest BCUT2D eigenvalue weighted by Gasteiger charge is -2.21. The second-order valence-corrected chi connectivity index (χ2v) is 4.98. The van der Waals surface area contributed by atoms with Gasteiger partial charge in [0.25, 0.3) is 0 Å². The highest BCUT2D eigenvalue weighted by Crippen LogP contribution is 2.12. The molecule has 0 aromatic heterocycles. The molecule has 5 heteroatoms. The third kappa shape index (κ3) is 6.28. The molecular formula is C16H23N3O2. The van der Waals surface area contributed by atoms with E-state index in [9.17, 15) is 4.79 Å². The van der Waals surface area contributed by atoms with Crippen molar-refractivity contribution in [1.82, 2.24) is 9.80 Å². The molecule has 5 nitrogen and oxygen atoms in total. The lowest BCUT2D eigenvalue weighted by molar-refractivity contribution is -0.129. The smallest absolute Gasteiger partial charge is 0.236 e. The molecule has 0 aliphatic carbocycles. The van der Waals surface area contributed by atoms with Crippen LogP contribution in [0.25, 0.3) is 0 Å². The minimum absolute atomic E-state index is 0.0951. The molecule has 0 N–H and O–H groups in total. The number of ether oxygens (including phenoxy) is 1. The first-order valence-corrected chi connectivity index (χ1v) is 7.08. The third-order valence-electron chi connectivity index (χ3n) is 3.19. The molecule has 0 aliphatic heterocycles. The maximum atomic E-state index is 11.7. The van der Waals surface area contributed by atoms with Gasteiger partial charge >= 0.3 is 0 Å². The Morgan fingerprint density at radius 1 is 1.29 bits per heavy atom. The first-order chi connectivity index (χ1) is 10.1. The van der Waals surface area contributed by atoms with E-state index in [4.69, 9.17) is 10.00 Å². The Hall–Kier alpha value is -2.06. The summed E-state index contributed by atoms with van der Waals surface area (Å²) in [5, 5.41) is 8.61. The zero-order valence-electron chi connectivity index (χ0n) is 13.0. The van der Waals surface area contributed by atoms with Crippen LogP contribution < -0.4 is 4.74 Å². The summed E-state index contributed by atoms with van der Waals surface area (Å²) in [6.45, 7) is 4.49. The van der Waals surface area contributed by atoms with Crippen molar-refractivity contribution in [3.8, 4) is 11.8 Å². The molecule has 0 unspecified atom stereocenters. The van der Waals surface area contributed by atoms with Crippen LogP contribution in [0.15, 0.2) is 24.3 Å². The summed E-state index contributed by atoms with van der Waals surface area (Å²) in [6.07, 6.45) is 0.413. The Kier molecular flexibility index (Phi) is 7.27. The second-order valence-electron chi connectivity index (χ2n) is 4.98. The molecule has 0 saturated heterocycles. The van der Waals surface area contributed by atoms with Crippen LogP contribution in [0, 0.1) is 11.3 Å². The number of nitriles is 1. The zero-order chi connectivity index (χ0) is 15.7. The van der Waals surface area contributed by atoms with Gasteiger partial charge in [-0.25, -0.2) is 0 Å². The minimum atomic E-state index is 0.0951. The fraction of sp³-hybridized carbons (Fsp3) is 0.500. The van der Waals surface area contributed by atoms with Crippen molar-refractivity contribution in [3.63, 3.8) is 0 Å². The fourth-order valence-electron chi connectivity index (χ4n) is 1.77. The normalized spacial score (nSPS) is 10.2. The molecule has 0 spiro atoms. The molecule has 0 bridgehead atoms. The van der Waals surface area contributed by atoms with Gasteiger partial charge in [-0.05, 0) is 24.2 Å². The first kappa shape index (κ1) is 17.0. The van der Waals surface area contributed by atoms with Gasteiger partial charge in [-0.2, -0.15) is 5.26 Å². The van der Waals surface area contributed by atoms with Gasteiger partial charge < -0.3 is 9.64 Å². The van der Waals surface area contributed by atoms with Gasteiger partial charge in [0.05, 0.1) is 19.0 Å². The predicted octanol–water partition coefficient (Wildman–Crippen LogP) is 1.54. The van der Waals surface area contributed by atoms with Crippen LogP contribution in [0.1, 0.15) is 12.5 Å². The van der Waals surface area contributed by atoms with Crippen LogP contribution in [-0.2, 0) is 11.2 Å². The number of benzene rings is 1. The number of likely N-dealkylation sites (N-methyl/N-ethyl adjacent to an activating group) is 2. The highest BCUT2D eigenvalue weighted by atomic mass is 16.5. The molecular weight excluding hydrogens is 266 g/mol. The molecule has 0 saturated carbocycles. The summed E-state index contributed by atoms with van der Waals surface area (Å²) in [7, 11) is 3.52. The van der Waals surface area contributed by atoms with E-state index in [0.29, 0.717) is 26.1 Å². The molecule has 114 valence electrons. The van der Waals surface area contributed by atoms with Gasteiger partial charge in [0, 0.05) is 20.6 Å². The molecule has 0 heterocycles. The van der Waals surface area contributed by atoms with Gasteiger partial charge in [0.15, 0.2) is 0 Å². The van der Waals surface area contributed by atoms with Gasteiger partial charge in [-0.15, -0.1) is 0 Å². The Morgan fingerprint density at radius 2 is 1.95 bits per heavy atom. The van der Waals surface area contributed by atoms with Crippen molar-refractivity contribution in [2.75, 3.05) is 40.3 Å². The molecule has 0 atom stereocenters. The number of rotatable bonds is 8. The molecule has 1 rings (SSSR count). The van der Waals surface area contributed by atoms with Crippen LogP contribution in [0.5, 0.6) is 5.75 Å². The SMILES string of the molecule is CCN(CCOc1ccc(CC#N)cc1)CC(=O)N(C)C. The topological polar surface area (TPSA) is 56.6 Å². The van der Waals surface area contributed by atoms with Crippen LogP contribution in [-0.4, -0.2) is 56.0 Å². The van der Waals surface area contributed by atoms with E-state index >= 15 is 0 Å². The maximum Gasteiger partial charge on any atom is 0.236 e. The van der Waals surface area contributed by atoms with Crippen molar-refractivity contribution in [1.29, 1.82) is 5.26 Å². The summed E-state index contributed by atoms with van der Waals surface area (Å²) in [5.74, 6) is 0.879. The van der Waals surface area contributed by atoms with Crippen molar-refractivity contribution in [3.05, 3.63) is 29.8 Å². The van der Waals surface area contributed by atoms with E-state index in [1.165, 1.54) is 0 Å². The predicted molar refractivity (Wildman–Crippen MR) is 82.1 cm³/mol. The second kappa shape index (κ2) is 8.98. The number of hydrogen-bond acceptors (Lipinski definition) is 4. The average molecular weight is 289 g/mol. The monoisotopic (exact) mass is 289 g/mol. The van der Waals surface area contributed by atoms with Crippen LogP contribution in [0.3, 0.4) is 0 Å². The Labute approximate surface area is 126 Å². The average Bonchev–Trinajstić information content (AvgIpc) is 2.48. The van der Waals surface area contributed by atoms with E-state index in [2.05, 4.69) is 6.07 Å². The summed E-state index contributed by atoms with van der Waals surface area (Å²) in [4.78, 5) is 15.3.